The van der Waals surface area contributed by atoms with Gasteiger partial charge < -0.3 is 14.5 Å². The van der Waals surface area contributed by atoms with Crippen LogP contribution < -0.4 is 10.7 Å². The summed E-state index contributed by atoms with van der Waals surface area (Å²) in [6.07, 6.45) is 2.26. The van der Waals surface area contributed by atoms with Gasteiger partial charge in [0, 0.05) is 49.1 Å². The first-order chi connectivity index (χ1) is 17.1. The number of nitrogens with one attached hydrogen (secondary N) is 2. The summed E-state index contributed by atoms with van der Waals surface area (Å²) >= 11 is 0. The number of benzene rings is 1. The van der Waals surface area contributed by atoms with Crippen LogP contribution in [0.1, 0.15) is 50.8 Å². The SMILES string of the molecule is Cc1c(C(=O)NCCN2CCOCC2)oc2c1/C(=N/NC(=O)c1ccc3ccccc3n1)CCC2. The van der Waals surface area contributed by atoms with E-state index in [2.05, 4.69) is 25.7 Å². The molecule has 0 atom stereocenters. The molecule has 5 rings (SSSR count). The zero-order valence-electron chi connectivity index (χ0n) is 19.8. The number of hydrogen-bond acceptors (Lipinski definition) is 7. The number of para-hydroxylation sites is 1. The van der Waals surface area contributed by atoms with E-state index >= 15 is 0 Å². The number of amides is 2. The molecule has 0 bridgehead atoms. The maximum absolute atomic E-state index is 12.8. The molecule has 2 amide bonds. The molecule has 1 fully saturated rings. The molecule has 3 heterocycles. The molecule has 1 saturated heterocycles. The topological polar surface area (TPSA) is 109 Å². The van der Waals surface area contributed by atoms with Crippen LogP contribution in [0.2, 0.25) is 0 Å². The summed E-state index contributed by atoms with van der Waals surface area (Å²) in [5.74, 6) is 0.449. The Hall–Kier alpha value is -3.56. The van der Waals surface area contributed by atoms with Crippen LogP contribution in [0.25, 0.3) is 10.9 Å². The Morgan fingerprint density at radius 3 is 2.77 bits per heavy atom. The van der Waals surface area contributed by atoms with Crippen molar-refractivity contribution in [2.45, 2.75) is 26.2 Å². The van der Waals surface area contributed by atoms with Gasteiger partial charge in [0.25, 0.3) is 11.8 Å². The molecule has 3 aromatic rings. The molecule has 1 aliphatic heterocycles. The van der Waals surface area contributed by atoms with E-state index in [1.165, 1.54) is 0 Å². The number of hydrazone groups is 1. The van der Waals surface area contributed by atoms with Crippen LogP contribution in [0.4, 0.5) is 0 Å². The van der Waals surface area contributed by atoms with Crippen LogP contribution in [0.3, 0.4) is 0 Å². The zero-order valence-corrected chi connectivity index (χ0v) is 19.8. The summed E-state index contributed by atoms with van der Waals surface area (Å²) in [5.41, 5.74) is 5.98. The van der Waals surface area contributed by atoms with Gasteiger partial charge in [-0.05, 0) is 31.9 Å². The van der Waals surface area contributed by atoms with E-state index in [1.54, 1.807) is 6.07 Å². The van der Waals surface area contributed by atoms with E-state index in [1.807, 2.05) is 37.3 Å². The second-order valence-corrected chi connectivity index (χ2v) is 8.81. The van der Waals surface area contributed by atoms with E-state index in [-0.39, 0.29) is 11.8 Å². The highest BCUT2D eigenvalue weighted by Crippen LogP contribution is 2.29. The Morgan fingerprint density at radius 2 is 1.91 bits per heavy atom. The number of rotatable bonds is 6. The van der Waals surface area contributed by atoms with E-state index < -0.39 is 0 Å². The third-order valence-electron chi connectivity index (χ3n) is 6.47. The van der Waals surface area contributed by atoms with Crippen molar-refractivity contribution in [2.24, 2.45) is 5.10 Å². The first-order valence-electron chi connectivity index (χ1n) is 12.0. The minimum atomic E-state index is -0.377. The van der Waals surface area contributed by atoms with Crippen molar-refractivity contribution >= 4 is 28.4 Å². The normalized spacial score (nSPS) is 17.3. The van der Waals surface area contributed by atoms with Crippen molar-refractivity contribution in [3.8, 4) is 0 Å². The van der Waals surface area contributed by atoms with Gasteiger partial charge in [0.2, 0.25) is 0 Å². The van der Waals surface area contributed by atoms with Crippen molar-refractivity contribution in [3.05, 3.63) is 64.7 Å². The van der Waals surface area contributed by atoms with Crippen LogP contribution >= 0.6 is 0 Å². The van der Waals surface area contributed by atoms with Crippen molar-refractivity contribution < 1.29 is 18.7 Å². The molecule has 35 heavy (non-hydrogen) atoms. The fourth-order valence-corrected chi connectivity index (χ4v) is 4.60. The molecule has 9 heteroatoms. The lowest BCUT2D eigenvalue weighted by Gasteiger charge is -2.26. The Kier molecular flexibility index (Phi) is 6.87. The lowest BCUT2D eigenvalue weighted by Crippen LogP contribution is -2.41. The van der Waals surface area contributed by atoms with Crippen LogP contribution in [-0.2, 0) is 11.2 Å². The number of morpholine rings is 1. The molecule has 2 aliphatic rings. The third kappa shape index (κ3) is 5.11. The molecule has 9 nitrogen and oxygen atoms in total. The summed E-state index contributed by atoms with van der Waals surface area (Å²) in [6, 6.07) is 11.2. The Labute approximate surface area is 203 Å². The molecule has 0 radical (unpaired) electrons. The smallest absolute Gasteiger partial charge is 0.289 e. The average Bonchev–Trinajstić information content (AvgIpc) is 3.24. The number of carbonyl (C=O) groups excluding carboxylic acids is 2. The number of aromatic nitrogens is 1. The minimum Gasteiger partial charge on any atom is -0.455 e. The molecule has 1 aliphatic carbocycles. The van der Waals surface area contributed by atoms with E-state index in [9.17, 15) is 9.59 Å². The molecule has 0 spiro atoms. The number of nitrogens with zero attached hydrogens (tertiary/aromatic N) is 3. The van der Waals surface area contributed by atoms with Crippen molar-refractivity contribution in [3.63, 3.8) is 0 Å². The van der Waals surface area contributed by atoms with Crippen LogP contribution in [0.5, 0.6) is 0 Å². The minimum absolute atomic E-state index is 0.228. The highest BCUT2D eigenvalue weighted by Gasteiger charge is 2.28. The number of fused-ring (bicyclic) bond motifs is 2. The van der Waals surface area contributed by atoms with Crippen molar-refractivity contribution in [1.29, 1.82) is 0 Å². The van der Waals surface area contributed by atoms with E-state index in [0.717, 1.165) is 73.5 Å². The summed E-state index contributed by atoms with van der Waals surface area (Å²) in [6.45, 7) is 6.40. The van der Waals surface area contributed by atoms with Gasteiger partial charge in [-0.25, -0.2) is 10.4 Å². The van der Waals surface area contributed by atoms with Gasteiger partial charge in [-0.2, -0.15) is 5.10 Å². The monoisotopic (exact) mass is 475 g/mol. The maximum Gasteiger partial charge on any atom is 0.289 e. The summed E-state index contributed by atoms with van der Waals surface area (Å²) in [5, 5.41) is 8.34. The first-order valence-corrected chi connectivity index (χ1v) is 12.0. The average molecular weight is 476 g/mol. The summed E-state index contributed by atoms with van der Waals surface area (Å²) < 4.78 is 11.3. The second-order valence-electron chi connectivity index (χ2n) is 8.81. The Bertz CT molecular complexity index is 1280. The van der Waals surface area contributed by atoms with Gasteiger partial charge >= 0.3 is 0 Å². The molecule has 2 N–H and O–H groups in total. The second kappa shape index (κ2) is 10.4. The molecular weight excluding hydrogens is 446 g/mol. The lowest BCUT2D eigenvalue weighted by atomic mass is 9.93. The van der Waals surface area contributed by atoms with Crippen LogP contribution in [0.15, 0.2) is 45.9 Å². The largest absolute Gasteiger partial charge is 0.455 e. The standard InChI is InChI=1S/C26H29N5O4/c1-17-23-20(29-30-25(32)21-10-9-18-5-2-3-6-19(18)28-21)7-4-8-22(23)35-24(17)26(33)27-11-12-31-13-15-34-16-14-31/h2-3,5-6,9-10H,4,7-8,11-16H2,1H3,(H,27,33)(H,30,32)/b29-20+. The number of hydrogen-bond donors (Lipinski definition) is 2. The van der Waals surface area contributed by atoms with Crippen molar-refractivity contribution in [2.75, 3.05) is 39.4 Å². The summed E-state index contributed by atoms with van der Waals surface area (Å²) in [7, 11) is 0. The number of pyridine rings is 1. The maximum atomic E-state index is 12.8. The fraction of sp³-hybridized carbons (Fsp3) is 0.385. The van der Waals surface area contributed by atoms with Crippen LogP contribution in [-0.4, -0.2) is 66.8 Å². The van der Waals surface area contributed by atoms with Gasteiger partial charge in [0.1, 0.15) is 11.5 Å². The molecular formula is C26H29N5O4. The lowest BCUT2D eigenvalue weighted by molar-refractivity contribution is 0.0382. The molecule has 1 aromatic carbocycles. The molecule has 0 saturated carbocycles. The van der Waals surface area contributed by atoms with Gasteiger partial charge in [-0.1, -0.05) is 24.3 Å². The van der Waals surface area contributed by atoms with E-state index in [0.29, 0.717) is 30.1 Å². The van der Waals surface area contributed by atoms with E-state index in [4.69, 9.17) is 9.15 Å². The van der Waals surface area contributed by atoms with Gasteiger partial charge in [-0.15, -0.1) is 0 Å². The molecule has 2 aromatic heterocycles. The number of furan rings is 1. The Balaban J connectivity index is 1.27. The molecule has 182 valence electrons. The predicted octanol–water partition coefficient (Wildman–Crippen LogP) is 2.67. The van der Waals surface area contributed by atoms with Gasteiger partial charge in [0.15, 0.2) is 5.76 Å². The van der Waals surface area contributed by atoms with Gasteiger partial charge in [0.05, 0.1) is 24.4 Å². The quantitative estimate of drug-likeness (QED) is 0.531. The fourth-order valence-electron chi connectivity index (χ4n) is 4.60. The Morgan fingerprint density at radius 1 is 1.09 bits per heavy atom. The van der Waals surface area contributed by atoms with Crippen LogP contribution in [0, 0.1) is 6.92 Å². The summed E-state index contributed by atoms with van der Waals surface area (Å²) in [4.78, 5) is 32.2. The highest BCUT2D eigenvalue weighted by atomic mass is 16.5. The number of carbonyl (C=O) groups is 2. The zero-order chi connectivity index (χ0) is 24.2. The third-order valence-corrected chi connectivity index (χ3v) is 6.47. The van der Waals surface area contributed by atoms with Gasteiger partial charge in [-0.3, -0.25) is 14.5 Å². The highest BCUT2D eigenvalue weighted by molar-refractivity contribution is 6.07. The first kappa shape index (κ1) is 23.2. The van der Waals surface area contributed by atoms with Crippen molar-refractivity contribution in [1.82, 2.24) is 20.6 Å². The number of ether oxygens (including phenoxy) is 1. The predicted molar refractivity (Wildman–Crippen MR) is 132 cm³/mol. The number of aryl methyl sites for hydroxylation is 1. The molecule has 0 unspecified atom stereocenters.